The number of thioether (sulfide) groups is 1. The Morgan fingerprint density at radius 2 is 2.28 bits per heavy atom. The van der Waals surface area contributed by atoms with Crippen molar-refractivity contribution >= 4 is 29.0 Å². The number of aromatic nitrogens is 2. The van der Waals surface area contributed by atoms with Gasteiger partial charge in [-0.05, 0) is 29.7 Å². The third kappa shape index (κ3) is 3.14. The first kappa shape index (κ1) is 13.2. The van der Waals surface area contributed by atoms with E-state index in [2.05, 4.69) is 16.3 Å². The predicted molar refractivity (Wildman–Crippen MR) is 76.3 cm³/mol. The first-order valence-corrected chi connectivity index (χ1v) is 7.36. The van der Waals surface area contributed by atoms with Gasteiger partial charge in [0.15, 0.2) is 4.34 Å². The van der Waals surface area contributed by atoms with Gasteiger partial charge in [0.05, 0.1) is 7.11 Å². The normalized spacial score (nSPS) is 10.6. The summed E-state index contributed by atoms with van der Waals surface area (Å²) in [6.07, 6.45) is 0.874. The highest BCUT2D eigenvalue weighted by atomic mass is 32.2. The zero-order valence-corrected chi connectivity index (χ0v) is 12.0. The Hall–Kier alpha value is -1.27. The fourth-order valence-electron chi connectivity index (χ4n) is 1.49. The monoisotopic (exact) mass is 281 g/mol. The number of ether oxygens (including phenoxy) is 1. The van der Waals surface area contributed by atoms with E-state index < -0.39 is 0 Å². The van der Waals surface area contributed by atoms with Crippen LogP contribution in [0.15, 0.2) is 22.5 Å². The molecule has 4 nitrogen and oxygen atoms in total. The van der Waals surface area contributed by atoms with E-state index >= 15 is 0 Å². The third-order valence-corrected chi connectivity index (χ3v) is 4.34. The third-order valence-electron chi connectivity index (χ3n) is 2.42. The van der Waals surface area contributed by atoms with E-state index in [4.69, 9.17) is 10.5 Å². The molecule has 0 amide bonds. The van der Waals surface area contributed by atoms with Crippen LogP contribution in [0.4, 0.5) is 5.69 Å². The largest absolute Gasteiger partial charge is 0.496 e. The predicted octanol–water partition coefficient (Wildman–Crippen LogP) is 2.98. The lowest BCUT2D eigenvalue weighted by Crippen LogP contribution is -1.93. The molecule has 0 atom stereocenters. The number of benzene rings is 1. The van der Waals surface area contributed by atoms with Crippen LogP contribution in [0, 0.1) is 0 Å². The molecule has 0 aliphatic rings. The van der Waals surface area contributed by atoms with Crippen molar-refractivity contribution in [3.8, 4) is 5.75 Å². The zero-order valence-electron chi connectivity index (χ0n) is 10.3. The van der Waals surface area contributed by atoms with Crippen LogP contribution in [0.1, 0.15) is 18.3 Å². The maximum absolute atomic E-state index is 5.79. The van der Waals surface area contributed by atoms with E-state index in [-0.39, 0.29) is 0 Å². The molecule has 0 saturated carbocycles. The number of rotatable bonds is 5. The molecule has 0 unspecified atom stereocenters. The summed E-state index contributed by atoms with van der Waals surface area (Å²) in [5, 5.41) is 0. The summed E-state index contributed by atoms with van der Waals surface area (Å²) in [5.74, 6) is 2.55. The molecule has 0 spiro atoms. The van der Waals surface area contributed by atoms with Crippen molar-refractivity contribution in [3.63, 3.8) is 0 Å². The Bertz CT molecular complexity index is 528. The van der Waals surface area contributed by atoms with E-state index in [9.17, 15) is 0 Å². The van der Waals surface area contributed by atoms with Crippen LogP contribution < -0.4 is 10.5 Å². The SMILES string of the molecule is CCc1nsc(SCc2cc(N)ccc2OC)n1. The molecule has 2 aromatic rings. The molecule has 0 aliphatic heterocycles. The van der Waals surface area contributed by atoms with Gasteiger partial charge in [0, 0.05) is 23.4 Å². The average molecular weight is 281 g/mol. The van der Waals surface area contributed by atoms with Crippen molar-refractivity contribution in [1.29, 1.82) is 0 Å². The summed E-state index contributed by atoms with van der Waals surface area (Å²) >= 11 is 3.10. The van der Waals surface area contributed by atoms with Gasteiger partial charge in [-0.2, -0.15) is 4.37 Å². The fraction of sp³-hybridized carbons (Fsp3) is 0.333. The Kier molecular flexibility index (Phi) is 4.43. The molecule has 2 rings (SSSR count). The molecular weight excluding hydrogens is 266 g/mol. The highest BCUT2D eigenvalue weighted by Gasteiger charge is 2.07. The lowest BCUT2D eigenvalue weighted by molar-refractivity contribution is 0.411. The molecule has 0 radical (unpaired) electrons. The van der Waals surface area contributed by atoms with Crippen LogP contribution in [0.3, 0.4) is 0 Å². The standard InChI is InChI=1S/C12H15N3OS2/c1-3-11-14-12(18-15-11)17-7-8-6-9(13)4-5-10(8)16-2/h4-6H,3,7,13H2,1-2H3. The van der Waals surface area contributed by atoms with Gasteiger partial charge in [-0.25, -0.2) is 4.98 Å². The van der Waals surface area contributed by atoms with E-state index in [1.165, 1.54) is 11.5 Å². The minimum atomic E-state index is 0.748. The van der Waals surface area contributed by atoms with Crippen molar-refractivity contribution in [2.45, 2.75) is 23.4 Å². The average Bonchev–Trinajstić information content (AvgIpc) is 2.84. The molecule has 0 aliphatic carbocycles. The second-order valence-corrected chi connectivity index (χ2v) is 5.66. The van der Waals surface area contributed by atoms with Crippen LogP contribution in [-0.2, 0) is 12.2 Å². The van der Waals surface area contributed by atoms with Crippen LogP contribution in [-0.4, -0.2) is 16.5 Å². The summed E-state index contributed by atoms with van der Waals surface area (Å²) in [6.45, 7) is 2.05. The zero-order chi connectivity index (χ0) is 13.0. The first-order chi connectivity index (χ1) is 8.72. The molecule has 0 saturated heterocycles. The molecular formula is C12H15N3OS2. The topological polar surface area (TPSA) is 61.0 Å². The van der Waals surface area contributed by atoms with Gasteiger partial charge in [-0.1, -0.05) is 18.7 Å². The second-order valence-electron chi connectivity index (χ2n) is 3.69. The number of aryl methyl sites for hydroxylation is 1. The Labute approximate surface area is 115 Å². The number of hydrogen-bond donors (Lipinski definition) is 1. The highest BCUT2D eigenvalue weighted by Crippen LogP contribution is 2.30. The van der Waals surface area contributed by atoms with Crippen LogP contribution >= 0.6 is 23.3 Å². The summed E-state index contributed by atoms with van der Waals surface area (Å²) in [5.41, 5.74) is 7.61. The molecule has 1 heterocycles. The van der Waals surface area contributed by atoms with Gasteiger partial charge in [0.2, 0.25) is 0 Å². The second kappa shape index (κ2) is 6.06. The molecule has 18 heavy (non-hydrogen) atoms. The van der Waals surface area contributed by atoms with Gasteiger partial charge in [0.25, 0.3) is 0 Å². The Balaban J connectivity index is 2.07. The number of hydrogen-bond acceptors (Lipinski definition) is 6. The summed E-state index contributed by atoms with van der Waals surface area (Å²) in [4.78, 5) is 4.42. The summed E-state index contributed by atoms with van der Waals surface area (Å²) in [6, 6.07) is 5.67. The van der Waals surface area contributed by atoms with E-state index in [1.807, 2.05) is 18.2 Å². The summed E-state index contributed by atoms with van der Waals surface area (Å²) in [7, 11) is 1.67. The molecule has 96 valence electrons. The van der Waals surface area contributed by atoms with Gasteiger partial charge in [0.1, 0.15) is 11.6 Å². The van der Waals surface area contributed by atoms with E-state index in [0.717, 1.165) is 39.3 Å². The highest BCUT2D eigenvalue weighted by molar-refractivity contribution is 8.00. The Morgan fingerprint density at radius 3 is 2.94 bits per heavy atom. The quantitative estimate of drug-likeness (QED) is 0.674. The molecule has 0 bridgehead atoms. The fourth-order valence-corrected chi connectivity index (χ4v) is 3.16. The lowest BCUT2D eigenvalue weighted by Gasteiger charge is -2.07. The van der Waals surface area contributed by atoms with Crippen LogP contribution in [0.5, 0.6) is 5.75 Å². The van der Waals surface area contributed by atoms with Gasteiger partial charge in [-0.3, -0.25) is 0 Å². The number of methoxy groups -OCH3 is 1. The van der Waals surface area contributed by atoms with Crippen LogP contribution in [0.2, 0.25) is 0 Å². The van der Waals surface area contributed by atoms with Crippen molar-refractivity contribution < 1.29 is 4.74 Å². The number of anilines is 1. The van der Waals surface area contributed by atoms with E-state index in [0.29, 0.717) is 0 Å². The van der Waals surface area contributed by atoms with Crippen molar-refractivity contribution in [2.24, 2.45) is 0 Å². The van der Waals surface area contributed by atoms with Gasteiger partial charge in [-0.15, -0.1) is 0 Å². The molecule has 1 aromatic heterocycles. The summed E-state index contributed by atoms with van der Waals surface area (Å²) < 4.78 is 10.6. The van der Waals surface area contributed by atoms with Gasteiger partial charge >= 0.3 is 0 Å². The van der Waals surface area contributed by atoms with Crippen molar-refractivity contribution in [1.82, 2.24) is 9.36 Å². The number of nitrogens with zero attached hydrogens (tertiary/aromatic N) is 2. The molecule has 0 fully saturated rings. The minimum absolute atomic E-state index is 0.748. The van der Waals surface area contributed by atoms with Gasteiger partial charge < -0.3 is 10.5 Å². The molecule has 1 aromatic carbocycles. The first-order valence-electron chi connectivity index (χ1n) is 5.60. The minimum Gasteiger partial charge on any atom is -0.496 e. The lowest BCUT2D eigenvalue weighted by atomic mass is 10.2. The molecule has 2 N–H and O–H groups in total. The van der Waals surface area contributed by atoms with Crippen LogP contribution in [0.25, 0.3) is 0 Å². The number of nitrogen functional groups attached to an aromatic ring is 1. The maximum atomic E-state index is 5.79. The molecule has 6 heteroatoms. The smallest absolute Gasteiger partial charge is 0.170 e. The van der Waals surface area contributed by atoms with Crippen molar-refractivity contribution in [2.75, 3.05) is 12.8 Å². The van der Waals surface area contributed by atoms with E-state index in [1.54, 1.807) is 18.9 Å². The Morgan fingerprint density at radius 1 is 1.44 bits per heavy atom. The van der Waals surface area contributed by atoms with Crippen molar-refractivity contribution in [3.05, 3.63) is 29.6 Å². The number of nitrogens with two attached hydrogens (primary N) is 1. The maximum Gasteiger partial charge on any atom is 0.170 e.